The Hall–Kier alpha value is -7.48. The molecule has 0 saturated carbocycles. The molecule has 1 spiro atoms. The fraction of sp³-hybridized carbons (Fsp3) is 0.306. The zero-order chi connectivity index (χ0) is 46.4. The number of anilines is 1. The molecule has 4 aromatic rings. The standard InChI is InChI=1S/C49H50N6O10/c1-5-24-51-43(57)37-40-45(59)65-41(32-16-10-7-11-17-32)39(31-14-8-6-9-15-31)55(40)42(33-19-21-34(22-20-33)64-27-26-56)49(37)35-28-30(13-12-25-52-47(50)61)18-23-36(35)54(46(49)60)48(62)53-38(29(2)3)44(58)63-4/h5-11,14-23,28-29,37-42,56H,1,24-27H2,2-4H3,(H,51,57)(H,53,62)(H3,50,52,61)/t37-,38+,39-,40-,41+,42+,49-/m1/s1. The number of benzene rings is 4. The van der Waals surface area contributed by atoms with Gasteiger partial charge < -0.3 is 41.0 Å². The Balaban J connectivity index is 1.57. The molecule has 2 fully saturated rings. The van der Waals surface area contributed by atoms with E-state index in [1.807, 2.05) is 65.6 Å². The maximum atomic E-state index is 16.3. The van der Waals surface area contributed by atoms with Crippen LogP contribution < -0.4 is 31.3 Å². The average molecular weight is 883 g/mol. The minimum atomic E-state index is -2.12. The van der Waals surface area contributed by atoms with Crippen molar-refractivity contribution in [3.05, 3.63) is 144 Å². The van der Waals surface area contributed by atoms with Gasteiger partial charge in [0.15, 0.2) is 0 Å². The summed E-state index contributed by atoms with van der Waals surface area (Å²) < 4.78 is 17.2. The molecule has 3 aliphatic rings. The number of esters is 2. The zero-order valence-electron chi connectivity index (χ0n) is 36.1. The van der Waals surface area contributed by atoms with Crippen LogP contribution in [0, 0.1) is 23.7 Å². The van der Waals surface area contributed by atoms with Gasteiger partial charge in [-0.05, 0) is 58.5 Å². The van der Waals surface area contributed by atoms with Crippen molar-refractivity contribution in [3.8, 4) is 17.6 Å². The topological polar surface area (TPSA) is 219 Å². The number of primary amides is 1. The third-order valence-electron chi connectivity index (χ3n) is 11.9. The summed E-state index contributed by atoms with van der Waals surface area (Å²) in [6.45, 7) is 6.80. The van der Waals surface area contributed by atoms with Crippen molar-refractivity contribution in [2.75, 3.05) is 38.3 Å². The van der Waals surface area contributed by atoms with Crippen molar-refractivity contribution < 1.29 is 48.1 Å². The second-order valence-corrected chi connectivity index (χ2v) is 16.0. The van der Waals surface area contributed by atoms with Gasteiger partial charge in [-0.1, -0.05) is 105 Å². The van der Waals surface area contributed by atoms with Crippen LogP contribution in [0.1, 0.15) is 59.9 Å². The number of imide groups is 1. The minimum Gasteiger partial charge on any atom is -0.491 e. The summed E-state index contributed by atoms with van der Waals surface area (Å²) >= 11 is 0. The highest BCUT2D eigenvalue weighted by atomic mass is 16.6. The third kappa shape index (κ3) is 8.51. The summed E-state index contributed by atoms with van der Waals surface area (Å²) in [6, 6.07) is 23.5. The molecule has 0 aromatic heterocycles. The van der Waals surface area contributed by atoms with Gasteiger partial charge in [0.1, 0.15) is 36.0 Å². The number of morpholine rings is 1. The number of hydrogen-bond donors (Lipinski definition) is 5. The lowest BCUT2D eigenvalue weighted by molar-refractivity contribution is -0.178. The van der Waals surface area contributed by atoms with E-state index in [-0.39, 0.29) is 37.6 Å². The van der Waals surface area contributed by atoms with Gasteiger partial charge in [-0.25, -0.2) is 19.3 Å². The van der Waals surface area contributed by atoms with Crippen molar-refractivity contribution in [1.29, 1.82) is 0 Å². The van der Waals surface area contributed by atoms with Crippen LogP contribution in [0.15, 0.2) is 116 Å². The monoisotopic (exact) mass is 882 g/mol. The van der Waals surface area contributed by atoms with E-state index in [0.717, 1.165) is 4.90 Å². The molecule has 7 rings (SSSR count). The molecular formula is C49H50N6O10. The Labute approximate surface area is 376 Å². The lowest BCUT2D eigenvalue weighted by Gasteiger charge is -2.46. The van der Waals surface area contributed by atoms with Crippen molar-refractivity contribution in [2.45, 2.75) is 49.5 Å². The average Bonchev–Trinajstić information content (AvgIpc) is 3.77. The molecule has 3 aliphatic heterocycles. The number of rotatable bonds is 13. The summed E-state index contributed by atoms with van der Waals surface area (Å²) in [5.74, 6) is 1.07. The van der Waals surface area contributed by atoms with Gasteiger partial charge in [0.05, 0.1) is 44.0 Å². The number of hydrogen-bond acceptors (Lipinski definition) is 11. The molecule has 336 valence electrons. The minimum absolute atomic E-state index is 0.00475. The Morgan fingerprint density at radius 2 is 1.60 bits per heavy atom. The molecule has 16 nitrogen and oxygen atoms in total. The molecule has 2 saturated heterocycles. The summed E-state index contributed by atoms with van der Waals surface area (Å²) in [5.41, 5.74) is 5.57. The number of nitrogens with zero attached hydrogens (tertiary/aromatic N) is 2. The number of nitrogens with two attached hydrogens (primary N) is 1. The Kier molecular flexibility index (Phi) is 13.7. The molecule has 0 aliphatic carbocycles. The molecular weight excluding hydrogens is 833 g/mol. The van der Waals surface area contributed by atoms with E-state index in [9.17, 15) is 19.5 Å². The molecule has 65 heavy (non-hydrogen) atoms. The van der Waals surface area contributed by atoms with Crippen molar-refractivity contribution in [2.24, 2.45) is 17.6 Å². The highest BCUT2D eigenvalue weighted by molar-refractivity contribution is 6.25. The number of carbonyl (C=O) groups is 6. The summed E-state index contributed by atoms with van der Waals surface area (Å²) in [4.78, 5) is 88.9. The van der Waals surface area contributed by atoms with Crippen LogP contribution >= 0.6 is 0 Å². The predicted octanol–water partition coefficient (Wildman–Crippen LogP) is 3.95. The SMILES string of the molecule is C=CCNC(=O)[C@H]1[C@@H]2C(=O)O[C@@H](c3ccccc3)[C@@H](c3ccccc3)N2[C@@H](c2ccc(OCCO)cc2)[C@]12C(=O)N(C(=O)N[C@H](C(=O)OC)C(C)C)c1ccc(C#CCNC(N)=O)cc12. The fourth-order valence-electron chi connectivity index (χ4n) is 9.28. The van der Waals surface area contributed by atoms with Gasteiger partial charge in [-0.3, -0.25) is 19.3 Å². The van der Waals surface area contributed by atoms with E-state index in [2.05, 4.69) is 34.4 Å². The van der Waals surface area contributed by atoms with E-state index in [4.69, 9.17) is 19.9 Å². The zero-order valence-corrected chi connectivity index (χ0v) is 36.1. The number of amides is 6. The van der Waals surface area contributed by atoms with Crippen LogP contribution in [0.4, 0.5) is 15.3 Å². The Morgan fingerprint density at radius 3 is 2.22 bits per heavy atom. The number of aliphatic hydroxyl groups is 1. The van der Waals surface area contributed by atoms with Gasteiger partial charge >= 0.3 is 24.0 Å². The molecule has 6 N–H and O–H groups in total. The van der Waals surface area contributed by atoms with E-state index >= 15 is 14.4 Å². The van der Waals surface area contributed by atoms with E-state index in [1.165, 1.54) is 19.3 Å². The van der Waals surface area contributed by atoms with Crippen LogP contribution in [0.2, 0.25) is 0 Å². The van der Waals surface area contributed by atoms with Gasteiger partial charge in [-0.2, -0.15) is 0 Å². The summed E-state index contributed by atoms with van der Waals surface area (Å²) in [6.07, 6.45) is 0.509. The number of methoxy groups -OCH3 is 1. The third-order valence-corrected chi connectivity index (χ3v) is 11.9. The first-order valence-corrected chi connectivity index (χ1v) is 21.1. The van der Waals surface area contributed by atoms with Crippen LogP contribution in [0.3, 0.4) is 0 Å². The predicted molar refractivity (Wildman–Crippen MR) is 238 cm³/mol. The number of carbonyl (C=O) groups excluding carboxylic acids is 6. The molecule has 6 amide bonds. The lowest BCUT2D eigenvalue weighted by Crippen LogP contribution is -2.57. The maximum absolute atomic E-state index is 16.3. The molecule has 4 aromatic carbocycles. The largest absolute Gasteiger partial charge is 0.491 e. The molecule has 3 heterocycles. The number of cyclic esters (lactones) is 1. The molecule has 0 radical (unpaired) electrons. The van der Waals surface area contributed by atoms with Crippen LogP contribution in [0.5, 0.6) is 5.75 Å². The van der Waals surface area contributed by atoms with Crippen molar-refractivity contribution in [3.63, 3.8) is 0 Å². The van der Waals surface area contributed by atoms with Crippen molar-refractivity contribution in [1.82, 2.24) is 20.9 Å². The first kappa shape index (κ1) is 45.5. The molecule has 0 bridgehead atoms. The number of aliphatic hydroxyl groups excluding tert-OH is 1. The fourth-order valence-corrected chi connectivity index (χ4v) is 9.28. The van der Waals surface area contributed by atoms with E-state index in [1.54, 1.807) is 50.2 Å². The van der Waals surface area contributed by atoms with Gasteiger partial charge in [0, 0.05) is 12.1 Å². The Morgan fingerprint density at radius 1 is 0.923 bits per heavy atom. The highest BCUT2D eigenvalue weighted by Gasteiger charge is 2.75. The first-order chi connectivity index (χ1) is 31.4. The van der Waals surface area contributed by atoms with E-state index in [0.29, 0.717) is 28.0 Å². The smallest absolute Gasteiger partial charge is 0.329 e. The highest BCUT2D eigenvalue weighted by Crippen LogP contribution is 2.66. The van der Waals surface area contributed by atoms with Crippen molar-refractivity contribution >= 4 is 41.5 Å². The number of nitrogens with one attached hydrogen (secondary N) is 3. The normalized spacial score (nSPS) is 22.4. The van der Waals surface area contributed by atoms with E-state index < -0.39 is 83.3 Å². The summed E-state index contributed by atoms with van der Waals surface area (Å²) in [7, 11) is 1.19. The Bertz CT molecular complexity index is 2520. The second kappa shape index (κ2) is 19.5. The molecule has 0 unspecified atom stereocenters. The second-order valence-electron chi connectivity index (χ2n) is 16.0. The number of urea groups is 2. The van der Waals surface area contributed by atoms with Crippen LogP contribution in [-0.2, 0) is 34.1 Å². The van der Waals surface area contributed by atoms with Gasteiger partial charge in [-0.15, -0.1) is 6.58 Å². The van der Waals surface area contributed by atoms with Gasteiger partial charge in [0.25, 0.3) is 0 Å². The quantitative estimate of drug-likeness (QED) is 0.0736. The summed E-state index contributed by atoms with van der Waals surface area (Å²) in [5, 5.41) is 17.5. The van der Waals surface area contributed by atoms with Gasteiger partial charge in [0.2, 0.25) is 11.8 Å². The lowest BCUT2D eigenvalue weighted by atomic mass is 9.65. The van der Waals surface area contributed by atoms with Crippen LogP contribution in [0.25, 0.3) is 0 Å². The first-order valence-electron chi connectivity index (χ1n) is 21.1. The number of fused-ring (bicyclic) bond motifs is 3. The number of ether oxygens (including phenoxy) is 3. The maximum Gasteiger partial charge on any atom is 0.329 e. The molecule has 16 heteroatoms. The van der Waals surface area contributed by atoms with Crippen LogP contribution in [-0.4, -0.2) is 91.3 Å². The molecule has 7 atom stereocenters.